The molecule has 2 atom stereocenters. The zero-order chi connectivity index (χ0) is 25.5. The molecule has 1 fully saturated rings. The number of ether oxygens (including phenoxy) is 2. The van der Waals surface area contributed by atoms with E-state index in [0.29, 0.717) is 29.4 Å². The molecule has 192 valence electrons. The predicted octanol–water partition coefficient (Wildman–Crippen LogP) is 9.07. The molecule has 0 amide bonds. The minimum Gasteiger partial charge on any atom is -0.494 e. The van der Waals surface area contributed by atoms with E-state index in [2.05, 4.69) is 6.92 Å². The Hall–Kier alpha value is -2.79. The molecular weight excluding hydrogens is 461 g/mol. The molecule has 5 heteroatoms. The molecule has 0 aliphatic carbocycles. The van der Waals surface area contributed by atoms with Crippen molar-refractivity contribution in [3.63, 3.8) is 0 Å². The Kier molecular flexibility index (Phi) is 9.08. The summed E-state index contributed by atoms with van der Waals surface area (Å²) in [4.78, 5) is 0. The van der Waals surface area contributed by atoms with Gasteiger partial charge in [0.25, 0.3) is 0 Å². The van der Waals surface area contributed by atoms with Gasteiger partial charge in [-0.15, -0.1) is 0 Å². The molecule has 2 nitrogen and oxygen atoms in total. The molecule has 2 unspecified atom stereocenters. The lowest BCUT2D eigenvalue weighted by Crippen LogP contribution is -2.24. The summed E-state index contributed by atoms with van der Waals surface area (Å²) in [5.74, 6) is -2.21. The minimum atomic E-state index is -1.02. The number of methoxy groups -OCH3 is 1. The first-order valence-electron chi connectivity index (χ1n) is 13.1. The molecule has 3 aromatic carbocycles. The molecule has 4 rings (SSSR count). The molecule has 36 heavy (non-hydrogen) atoms. The summed E-state index contributed by atoms with van der Waals surface area (Å²) in [5, 5.41) is 0. The fourth-order valence-corrected chi connectivity index (χ4v) is 5.03. The molecule has 1 heterocycles. The highest BCUT2D eigenvalue weighted by molar-refractivity contribution is 5.71. The maximum Gasteiger partial charge on any atom is 0.201 e. The first kappa shape index (κ1) is 26.3. The fourth-order valence-electron chi connectivity index (χ4n) is 5.03. The summed E-state index contributed by atoms with van der Waals surface area (Å²) < 4.78 is 54.6. The first-order chi connectivity index (χ1) is 17.5. The van der Waals surface area contributed by atoms with Gasteiger partial charge in [-0.3, -0.25) is 0 Å². The lowest BCUT2D eigenvalue weighted by atomic mass is 9.89. The van der Waals surface area contributed by atoms with Crippen molar-refractivity contribution in [2.45, 2.75) is 70.3 Å². The van der Waals surface area contributed by atoms with E-state index in [-0.39, 0.29) is 23.0 Å². The summed E-state index contributed by atoms with van der Waals surface area (Å²) in [7, 11) is 1.29. The molecule has 1 aliphatic heterocycles. The number of hydrogen-bond acceptors (Lipinski definition) is 2. The Morgan fingerprint density at radius 2 is 1.50 bits per heavy atom. The predicted molar refractivity (Wildman–Crippen MR) is 139 cm³/mol. The van der Waals surface area contributed by atoms with E-state index in [1.54, 1.807) is 36.4 Å². The summed E-state index contributed by atoms with van der Waals surface area (Å²) in [6, 6.07) is 15.1. The van der Waals surface area contributed by atoms with Crippen molar-refractivity contribution in [3.05, 3.63) is 77.6 Å². The standard InChI is InChI=1S/C31H35F3O2/c1-3-4-5-6-7-8-25-15-13-24(20-36-25)23-14-16-26(28(32)19-23)21-9-11-22(12-10-21)27-17-18-29(35-2)31(34)30(27)33/h9-12,14,16-19,24-25H,3-8,13,15,20H2,1-2H3. The Morgan fingerprint density at radius 3 is 2.14 bits per heavy atom. The van der Waals surface area contributed by atoms with Gasteiger partial charge in [-0.1, -0.05) is 75.4 Å². The number of unbranched alkanes of at least 4 members (excludes halogenated alkanes) is 4. The maximum atomic E-state index is 15.1. The van der Waals surface area contributed by atoms with Crippen LogP contribution in [0.4, 0.5) is 13.2 Å². The van der Waals surface area contributed by atoms with E-state index in [1.807, 2.05) is 6.07 Å². The van der Waals surface area contributed by atoms with Crippen molar-refractivity contribution >= 4 is 0 Å². The van der Waals surface area contributed by atoms with E-state index < -0.39 is 11.6 Å². The maximum absolute atomic E-state index is 15.1. The van der Waals surface area contributed by atoms with Crippen molar-refractivity contribution in [1.82, 2.24) is 0 Å². The highest BCUT2D eigenvalue weighted by atomic mass is 19.2. The van der Waals surface area contributed by atoms with Gasteiger partial charge in [-0.2, -0.15) is 4.39 Å². The zero-order valence-electron chi connectivity index (χ0n) is 21.2. The average Bonchev–Trinajstić information content (AvgIpc) is 2.91. The Morgan fingerprint density at radius 1 is 0.806 bits per heavy atom. The third-order valence-electron chi connectivity index (χ3n) is 7.24. The van der Waals surface area contributed by atoms with Crippen LogP contribution in [0.1, 0.15) is 69.8 Å². The number of benzene rings is 3. The molecule has 0 spiro atoms. The van der Waals surface area contributed by atoms with Crippen molar-refractivity contribution < 1.29 is 22.6 Å². The smallest absolute Gasteiger partial charge is 0.201 e. The summed E-state index contributed by atoms with van der Waals surface area (Å²) >= 11 is 0. The van der Waals surface area contributed by atoms with Crippen molar-refractivity contribution in [2.75, 3.05) is 13.7 Å². The third kappa shape index (κ3) is 6.12. The lowest BCUT2D eigenvalue weighted by Gasteiger charge is -2.29. The second-order valence-electron chi connectivity index (χ2n) is 9.69. The number of hydrogen-bond donors (Lipinski definition) is 0. The van der Waals surface area contributed by atoms with Crippen LogP contribution in [0.3, 0.4) is 0 Å². The molecule has 1 aliphatic rings. The quantitative estimate of drug-likeness (QED) is 0.261. The van der Waals surface area contributed by atoms with Crippen molar-refractivity contribution in [2.24, 2.45) is 0 Å². The van der Waals surface area contributed by atoms with Crippen LogP contribution in [0.15, 0.2) is 54.6 Å². The van der Waals surface area contributed by atoms with Crippen LogP contribution in [-0.4, -0.2) is 19.8 Å². The van der Waals surface area contributed by atoms with Gasteiger partial charge in [-0.25, -0.2) is 8.78 Å². The highest BCUT2D eigenvalue weighted by Gasteiger charge is 2.23. The summed E-state index contributed by atoms with van der Waals surface area (Å²) in [6.45, 7) is 2.86. The van der Waals surface area contributed by atoms with Gasteiger partial charge in [0.1, 0.15) is 5.82 Å². The Bertz CT molecular complexity index is 1140. The highest BCUT2D eigenvalue weighted by Crippen LogP contribution is 2.34. The van der Waals surface area contributed by atoms with Crippen LogP contribution < -0.4 is 4.74 Å². The average molecular weight is 497 g/mol. The van der Waals surface area contributed by atoms with E-state index in [9.17, 15) is 8.78 Å². The molecule has 0 saturated carbocycles. The van der Waals surface area contributed by atoms with Crippen molar-refractivity contribution in [3.8, 4) is 28.0 Å². The third-order valence-corrected chi connectivity index (χ3v) is 7.24. The summed E-state index contributed by atoms with van der Waals surface area (Å²) in [6.07, 6.45) is 9.84. The Labute approximate surface area is 212 Å². The molecule has 0 radical (unpaired) electrons. The second kappa shape index (κ2) is 12.4. The molecule has 3 aromatic rings. The van der Waals surface area contributed by atoms with Gasteiger partial charge in [0.05, 0.1) is 19.8 Å². The van der Waals surface area contributed by atoms with Gasteiger partial charge < -0.3 is 9.47 Å². The largest absolute Gasteiger partial charge is 0.494 e. The van der Waals surface area contributed by atoms with Gasteiger partial charge in [-0.05, 0) is 54.2 Å². The molecule has 0 bridgehead atoms. The lowest BCUT2D eigenvalue weighted by molar-refractivity contribution is -0.00217. The van der Waals surface area contributed by atoms with E-state index >= 15 is 4.39 Å². The van der Waals surface area contributed by atoms with Crippen LogP contribution in [0.25, 0.3) is 22.3 Å². The van der Waals surface area contributed by atoms with Crippen LogP contribution in [0.2, 0.25) is 0 Å². The van der Waals surface area contributed by atoms with Gasteiger partial charge in [0, 0.05) is 17.0 Å². The normalized spacial score (nSPS) is 17.8. The van der Waals surface area contributed by atoms with Gasteiger partial charge in [0.15, 0.2) is 11.6 Å². The molecular formula is C31H35F3O2. The topological polar surface area (TPSA) is 18.5 Å². The second-order valence-corrected chi connectivity index (χ2v) is 9.69. The summed E-state index contributed by atoms with van der Waals surface area (Å²) in [5.41, 5.74) is 2.76. The fraction of sp³-hybridized carbons (Fsp3) is 0.419. The van der Waals surface area contributed by atoms with E-state index in [1.165, 1.54) is 51.3 Å². The Balaban J connectivity index is 1.38. The number of halogens is 3. The van der Waals surface area contributed by atoms with E-state index in [0.717, 1.165) is 24.8 Å². The first-order valence-corrected chi connectivity index (χ1v) is 13.1. The van der Waals surface area contributed by atoms with Crippen molar-refractivity contribution in [1.29, 1.82) is 0 Å². The minimum absolute atomic E-state index is 0.132. The van der Waals surface area contributed by atoms with E-state index in [4.69, 9.17) is 9.47 Å². The number of rotatable bonds is 10. The molecule has 0 N–H and O–H groups in total. The van der Waals surface area contributed by atoms with Crippen LogP contribution in [0.5, 0.6) is 5.75 Å². The van der Waals surface area contributed by atoms with Gasteiger partial charge in [0.2, 0.25) is 5.82 Å². The molecule has 1 saturated heterocycles. The molecule has 0 aromatic heterocycles. The monoisotopic (exact) mass is 496 g/mol. The SMILES string of the molecule is CCCCCCCC1CCC(c2ccc(-c3ccc(-c4ccc(OC)c(F)c4F)cc3)c(F)c2)CO1. The van der Waals surface area contributed by atoms with Crippen LogP contribution in [-0.2, 0) is 4.74 Å². The van der Waals surface area contributed by atoms with Crippen LogP contribution >= 0.6 is 0 Å². The zero-order valence-corrected chi connectivity index (χ0v) is 21.2. The van der Waals surface area contributed by atoms with Crippen LogP contribution in [0, 0.1) is 17.5 Å². The van der Waals surface area contributed by atoms with Gasteiger partial charge >= 0.3 is 0 Å².